The summed E-state index contributed by atoms with van der Waals surface area (Å²) in [5, 5.41) is 3.82. The molecule has 1 aliphatic carbocycles. The number of rotatable bonds is 7. The van der Waals surface area contributed by atoms with Gasteiger partial charge in [0.15, 0.2) is 0 Å². The molecule has 0 heterocycles. The van der Waals surface area contributed by atoms with E-state index in [4.69, 9.17) is 0 Å². The summed E-state index contributed by atoms with van der Waals surface area (Å²) in [6, 6.07) is 0. The summed E-state index contributed by atoms with van der Waals surface area (Å²) in [7, 11) is 0. The van der Waals surface area contributed by atoms with Gasteiger partial charge < -0.3 is 5.32 Å². The zero-order valence-corrected chi connectivity index (χ0v) is 14.1. The number of hydrogen-bond acceptors (Lipinski definition) is 1. The second kappa shape index (κ2) is 7.67. The Morgan fingerprint density at radius 2 is 1.63 bits per heavy atom. The van der Waals surface area contributed by atoms with E-state index in [1.165, 1.54) is 64.3 Å². The van der Waals surface area contributed by atoms with Crippen molar-refractivity contribution in [2.75, 3.05) is 6.54 Å². The third-order valence-corrected chi connectivity index (χ3v) is 5.17. The van der Waals surface area contributed by atoms with Gasteiger partial charge in [0, 0.05) is 12.1 Å². The Hall–Kier alpha value is -0.0400. The molecule has 1 heteroatoms. The van der Waals surface area contributed by atoms with Gasteiger partial charge in [-0.3, -0.25) is 0 Å². The SMILES string of the molecule is CCCCC(CC)(CNC(C)(C)C)C1CCCCC1. The molecule has 1 unspecified atom stereocenters. The molecule has 1 aliphatic rings. The van der Waals surface area contributed by atoms with Gasteiger partial charge in [0.1, 0.15) is 0 Å². The summed E-state index contributed by atoms with van der Waals surface area (Å²) < 4.78 is 0. The van der Waals surface area contributed by atoms with Crippen LogP contribution in [0.5, 0.6) is 0 Å². The molecule has 1 N–H and O–H groups in total. The summed E-state index contributed by atoms with van der Waals surface area (Å²) in [6.07, 6.45) is 12.9. The van der Waals surface area contributed by atoms with E-state index in [1.807, 2.05) is 0 Å². The average molecular weight is 268 g/mol. The summed E-state index contributed by atoms with van der Waals surface area (Å²) in [5.41, 5.74) is 0.811. The second-order valence-corrected chi connectivity index (χ2v) is 7.76. The van der Waals surface area contributed by atoms with Gasteiger partial charge in [0.25, 0.3) is 0 Å². The molecule has 1 saturated carbocycles. The van der Waals surface area contributed by atoms with Crippen LogP contribution in [0.4, 0.5) is 0 Å². The highest BCUT2D eigenvalue weighted by Gasteiger charge is 2.37. The summed E-state index contributed by atoms with van der Waals surface area (Å²) in [5.74, 6) is 0.965. The third kappa shape index (κ3) is 5.45. The van der Waals surface area contributed by atoms with Crippen LogP contribution in [-0.2, 0) is 0 Å². The Bertz CT molecular complexity index is 235. The topological polar surface area (TPSA) is 12.0 Å². The smallest absolute Gasteiger partial charge is 0.00967 e. The van der Waals surface area contributed by atoms with Crippen LogP contribution in [0.3, 0.4) is 0 Å². The minimum Gasteiger partial charge on any atom is -0.312 e. The molecule has 1 fully saturated rings. The van der Waals surface area contributed by atoms with Gasteiger partial charge in [0.2, 0.25) is 0 Å². The van der Waals surface area contributed by atoms with Gasteiger partial charge in [-0.2, -0.15) is 0 Å². The van der Waals surface area contributed by atoms with Crippen molar-refractivity contribution in [2.24, 2.45) is 11.3 Å². The van der Waals surface area contributed by atoms with Crippen LogP contribution in [0.15, 0.2) is 0 Å². The van der Waals surface area contributed by atoms with Gasteiger partial charge >= 0.3 is 0 Å². The molecule has 0 radical (unpaired) electrons. The molecule has 0 aliphatic heterocycles. The fourth-order valence-electron chi connectivity index (χ4n) is 3.71. The second-order valence-electron chi connectivity index (χ2n) is 7.76. The number of unbranched alkanes of at least 4 members (excludes halogenated alkanes) is 1. The van der Waals surface area contributed by atoms with Gasteiger partial charge in [-0.1, -0.05) is 46.0 Å². The molecule has 1 rings (SSSR count). The van der Waals surface area contributed by atoms with E-state index in [9.17, 15) is 0 Å². The molecule has 1 atom stereocenters. The predicted octanol–water partition coefficient (Wildman–Crippen LogP) is 5.54. The van der Waals surface area contributed by atoms with E-state index < -0.39 is 0 Å². The molecule has 0 aromatic heterocycles. The van der Waals surface area contributed by atoms with E-state index in [0.717, 1.165) is 5.92 Å². The van der Waals surface area contributed by atoms with Crippen molar-refractivity contribution in [1.82, 2.24) is 5.32 Å². The highest BCUT2D eigenvalue weighted by Crippen LogP contribution is 2.44. The van der Waals surface area contributed by atoms with Crippen molar-refractivity contribution in [2.45, 2.75) is 97.9 Å². The van der Waals surface area contributed by atoms with Crippen LogP contribution in [-0.4, -0.2) is 12.1 Å². The highest BCUT2D eigenvalue weighted by atomic mass is 15.0. The van der Waals surface area contributed by atoms with Crippen molar-refractivity contribution in [3.05, 3.63) is 0 Å². The van der Waals surface area contributed by atoms with Crippen molar-refractivity contribution in [3.8, 4) is 0 Å². The van der Waals surface area contributed by atoms with E-state index in [2.05, 4.69) is 39.9 Å². The van der Waals surface area contributed by atoms with Gasteiger partial charge in [0.05, 0.1) is 0 Å². The average Bonchev–Trinajstić information content (AvgIpc) is 2.40. The van der Waals surface area contributed by atoms with Crippen LogP contribution in [0.1, 0.15) is 92.4 Å². The molecule has 114 valence electrons. The Morgan fingerprint density at radius 1 is 1.00 bits per heavy atom. The molecule has 0 aromatic carbocycles. The molecule has 0 spiro atoms. The predicted molar refractivity (Wildman–Crippen MR) is 86.6 cm³/mol. The first-order chi connectivity index (χ1) is 8.93. The molecule has 0 bridgehead atoms. The molecular formula is C18H37N. The van der Waals surface area contributed by atoms with Crippen molar-refractivity contribution in [1.29, 1.82) is 0 Å². The fraction of sp³-hybridized carbons (Fsp3) is 1.00. The van der Waals surface area contributed by atoms with Gasteiger partial charge in [-0.05, 0) is 57.8 Å². The van der Waals surface area contributed by atoms with Crippen molar-refractivity contribution in [3.63, 3.8) is 0 Å². The quantitative estimate of drug-likeness (QED) is 0.638. The Kier molecular flexibility index (Phi) is 6.86. The van der Waals surface area contributed by atoms with Crippen LogP contribution in [0.25, 0.3) is 0 Å². The van der Waals surface area contributed by atoms with E-state index in [0.29, 0.717) is 5.41 Å². The third-order valence-electron chi connectivity index (χ3n) is 5.17. The first kappa shape index (κ1) is 17.0. The number of nitrogens with one attached hydrogen (secondary N) is 1. The van der Waals surface area contributed by atoms with Crippen molar-refractivity contribution < 1.29 is 0 Å². The van der Waals surface area contributed by atoms with Crippen LogP contribution in [0.2, 0.25) is 0 Å². The lowest BCUT2D eigenvalue weighted by Gasteiger charge is -2.44. The monoisotopic (exact) mass is 267 g/mol. The van der Waals surface area contributed by atoms with Crippen LogP contribution < -0.4 is 5.32 Å². The standard InChI is InChI=1S/C18H37N/c1-6-8-14-18(7-2,15-19-17(3,4)5)16-12-10-9-11-13-16/h16,19H,6-15H2,1-5H3. The summed E-state index contributed by atoms with van der Waals surface area (Å²) in [4.78, 5) is 0. The molecular weight excluding hydrogens is 230 g/mol. The first-order valence-corrected chi connectivity index (χ1v) is 8.68. The maximum atomic E-state index is 3.82. The van der Waals surface area contributed by atoms with E-state index >= 15 is 0 Å². The fourth-order valence-corrected chi connectivity index (χ4v) is 3.71. The van der Waals surface area contributed by atoms with Crippen LogP contribution in [0, 0.1) is 11.3 Å². The molecule has 19 heavy (non-hydrogen) atoms. The molecule has 0 amide bonds. The minimum atomic E-state index is 0.251. The zero-order valence-electron chi connectivity index (χ0n) is 14.1. The zero-order chi connectivity index (χ0) is 14.4. The molecule has 0 aromatic rings. The van der Waals surface area contributed by atoms with E-state index in [1.54, 1.807) is 0 Å². The normalized spacial score (nSPS) is 21.3. The Morgan fingerprint density at radius 3 is 2.11 bits per heavy atom. The minimum absolute atomic E-state index is 0.251. The van der Waals surface area contributed by atoms with Crippen LogP contribution >= 0.6 is 0 Å². The number of hydrogen-bond donors (Lipinski definition) is 1. The summed E-state index contributed by atoms with van der Waals surface area (Å²) >= 11 is 0. The lowest BCUT2D eigenvalue weighted by atomic mass is 9.64. The first-order valence-electron chi connectivity index (χ1n) is 8.68. The Labute approximate surface area is 121 Å². The maximum absolute atomic E-state index is 3.82. The highest BCUT2D eigenvalue weighted by molar-refractivity contribution is 4.90. The lowest BCUT2D eigenvalue weighted by molar-refractivity contribution is 0.0847. The Balaban J connectivity index is 2.73. The molecule has 0 saturated heterocycles. The summed E-state index contributed by atoms with van der Waals surface area (Å²) in [6.45, 7) is 12.9. The molecule has 1 nitrogen and oxygen atoms in total. The van der Waals surface area contributed by atoms with Gasteiger partial charge in [-0.25, -0.2) is 0 Å². The largest absolute Gasteiger partial charge is 0.312 e. The lowest BCUT2D eigenvalue weighted by Crippen LogP contribution is -2.47. The van der Waals surface area contributed by atoms with E-state index in [-0.39, 0.29) is 5.54 Å². The van der Waals surface area contributed by atoms with Crippen molar-refractivity contribution >= 4 is 0 Å². The maximum Gasteiger partial charge on any atom is 0.00967 e. The van der Waals surface area contributed by atoms with Gasteiger partial charge in [-0.15, -0.1) is 0 Å².